The molecule has 0 aromatic heterocycles. The minimum absolute atomic E-state index is 0.00621. The van der Waals surface area contributed by atoms with E-state index in [0.29, 0.717) is 19.3 Å². The van der Waals surface area contributed by atoms with Gasteiger partial charge in [0.05, 0.1) is 0 Å². The van der Waals surface area contributed by atoms with Crippen LogP contribution >= 0.6 is 0 Å². The Morgan fingerprint density at radius 2 is 1.71 bits per heavy atom. The van der Waals surface area contributed by atoms with Crippen LogP contribution < -0.4 is 0 Å². The van der Waals surface area contributed by atoms with Crippen molar-refractivity contribution in [2.24, 2.45) is 28.1 Å². The summed E-state index contributed by atoms with van der Waals surface area (Å²) in [4.78, 5) is 36.0. The summed E-state index contributed by atoms with van der Waals surface area (Å²) in [5.74, 6) is -0.933. The van der Waals surface area contributed by atoms with Crippen LogP contribution in [0.2, 0.25) is 0 Å². The quantitative estimate of drug-likeness (QED) is 0.804. The van der Waals surface area contributed by atoms with Gasteiger partial charge in [0, 0.05) is 17.3 Å². The van der Waals surface area contributed by atoms with Gasteiger partial charge in [-0.1, -0.05) is 20.8 Å². The van der Waals surface area contributed by atoms with Crippen LogP contribution in [0.4, 0.5) is 0 Å². The molecule has 0 amide bonds. The third-order valence-electron chi connectivity index (χ3n) is 7.42. The lowest BCUT2D eigenvalue weighted by molar-refractivity contribution is -0.162. The van der Waals surface area contributed by atoms with E-state index in [4.69, 9.17) is 0 Å². The fraction of sp³-hybridized carbons (Fsp3) is 0.842. The van der Waals surface area contributed by atoms with E-state index in [1.165, 1.54) is 0 Å². The van der Waals surface area contributed by atoms with Gasteiger partial charge in [-0.3, -0.25) is 14.4 Å². The van der Waals surface area contributed by atoms with Crippen LogP contribution in [-0.4, -0.2) is 34.4 Å². The number of hydrogen-bond acceptors (Lipinski definition) is 4. The molecule has 2 fully saturated rings. The zero-order chi connectivity index (χ0) is 18.3. The number of hydrogen-bond donors (Lipinski definition) is 2. The Hall–Kier alpha value is -1.23. The van der Waals surface area contributed by atoms with Crippen molar-refractivity contribution in [1.82, 2.24) is 0 Å². The molecule has 5 nitrogen and oxygen atoms in total. The first-order chi connectivity index (χ1) is 11.0. The number of rotatable bonds is 5. The predicted molar refractivity (Wildman–Crippen MR) is 89.4 cm³/mol. The van der Waals surface area contributed by atoms with Crippen LogP contribution in [0.25, 0.3) is 0 Å². The highest BCUT2D eigenvalue weighted by Crippen LogP contribution is 2.63. The van der Waals surface area contributed by atoms with Crippen LogP contribution in [0.5, 0.6) is 0 Å². The average molecular weight is 338 g/mol. The van der Waals surface area contributed by atoms with Crippen molar-refractivity contribution in [2.75, 3.05) is 6.61 Å². The Bertz CT molecular complexity index is 556. The lowest BCUT2D eigenvalue weighted by atomic mass is 9.44. The van der Waals surface area contributed by atoms with E-state index in [0.717, 1.165) is 12.8 Å². The van der Waals surface area contributed by atoms with Gasteiger partial charge in [0.2, 0.25) is 0 Å². The van der Waals surface area contributed by atoms with Gasteiger partial charge in [0.25, 0.3) is 0 Å². The molecule has 0 aromatic rings. The van der Waals surface area contributed by atoms with Crippen molar-refractivity contribution in [3.8, 4) is 0 Å². The maximum absolute atomic E-state index is 12.3. The normalized spacial score (nSPS) is 42.2. The number of ketones is 2. The molecule has 0 aliphatic heterocycles. The summed E-state index contributed by atoms with van der Waals surface area (Å²) < 4.78 is 0. The number of aliphatic carboxylic acids is 1. The standard InChI is InChI=1S/C19H30O5/c1-12(21)18(3)6-5-13-10-17(2,15(22)11-20)7-8-19(13,4)14(18)9-16(23)24/h13-14,20H,5-11H2,1-4H3,(H,23,24)/t13-,14+,17+,18-,19+/m1/s1. The molecule has 24 heavy (non-hydrogen) atoms. The summed E-state index contributed by atoms with van der Waals surface area (Å²) in [6, 6.07) is 0. The van der Waals surface area contributed by atoms with E-state index < -0.39 is 23.4 Å². The number of carboxylic acids is 1. The van der Waals surface area contributed by atoms with Gasteiger partial charge in [0.1, 0.15) is 12.4 Å². The zero-order valence-electron chi connectivity index (χ0n) is 15.2. The molecule has 2 rings (SSSR count). The Morgan fingerprint density at radius 3 is 2.21 bits per heavy atom. The summed E-state index contributed by atoms with van der Waals surface area (Å²) in [5.41, 5.74) is -1.40. The fourth-order valence-electron chi connectivity index (χ4n) is 5.39. The van der Waals surface area contributed by atoms with Gasteiger partial charge in [-0.15, -0.1) is 0 Å². The first-order valence-corrected chi connectivity index (χ1v) is 8.86. The summed E-state index contributed by atoms with van der Waals surface area (Å²) >= 11 is 0. The SMILES string of the molecule is CC(=O)[C@@]1(C)CC[C@@H]2C[C@@](C)(C(=O)CO)CC[C@]2(C)[C@H]1CC(=O)O. The molecule has 2 N–H and O–H groups in total. The van der Waals surface area contributed by atoms with Gasteiger partial charge in [-0.25, -0.2) is 0 Å². The molecular formula is C19H30O5. The first kappa shape index (κ1) is 19.1. The van der Waals surface area contributed by atoms with Gasteiger partial charge < -0.3 is 10.2 Å². The maximum atomic E-state index is 12.3. The number of Topliss-reactive ketones (excluding diaryl/α,β-unsaturated/α-hetero) is 2. The van der Waals surface area contributed by atoms with E-state index in [1.54, 1.807) is 6.92 Å². The number of aliphatic hydroxyl groups excluding tert-OH is 1. The number of aliphatic hydroxyl groups is 1. The topological polar surface area (TPSA) is 91.7 Å². The van der Waals surface area contributed by atoms with E-state index in [9.17, 15) is 24.6 Å². The van der Waals surface area contributed by atoms with Gasteiger partial charge >= 0.3 is 5.97 Å². The molecule has 0 aromatic carbocycles. The summed E-state index contributed by atoms with van der Waals surface area (Å²) in [5, 5.41) is 18.7. The molecule has 136 valence electrons. The molecular weight excluding hydrogens is 308 g/mol. The number of carbonyl (C=O) groups excluding carboxylic acids is 2. The summed E-state index contributed by atoms with van der Waals surface area (Å²) in [6.07, 6.45) is 3.53. The molecule has 0 unspecified atom stereocenters. The Morgan fingerprint density at radius 1 is 1.08 bits per heavy atom. The van der Waals surface area contributed by atoms with Crippen LogP contribution in [0.15, 0.2) is 0 Å². The molecule has 2 aliphatic carbocycles. The van der Waals surface area contributed by atoms with Crippen LogP contribution in [0, 0.1) is 28.1 Å². The highest BCUT2D eigenvalue weighted by Gasteiger charge is 2.59. The molecule has 5 atom stereocenters. The lowest BCUT2D eigenvalue weighted by Gasteiger charge is -2.59. The molecule has 2 aliphatic rings. The first-order valence-electron chi connectivity index (χ1n) is 8.86. The van der Waals surface area contributed by atoms with Gasteiger partial charge in [-0.2, -0.15) is 0 Å². The highest BCUT2D eigenvalue weighted by atomic mass is 16.4. The molecule has 5 heteroatoms. The Labute approximate surface area is 143 Å². The monoisotopic (exact) mass is 338 g/mol. The number of carbonyl (C=O) groups is 3. The Balaban J connectivity index is 2.38. The van der Waals surface area contributed by atoms with E-state index in [1.807, 2.05) is 13.8 Å². The third-order valence-corrected chi connectivity index (χ3v) is 7.42. The highest BCUT2D eigenvalue weighted by molar-refractivity contribution is 5.86. The molecule has 0 heterocycles. The molecule has 0 saturated heterocycles. The molecule has 0 bridgehead atoms. The second-order valence-corrected chi connectivity index (χ2v) is 8.71. The third kappa shape index (κ3) is 2.92. The fourth-order valence-corrected chi connectivity index (χ4v) is 5.39. The van der Waals surface area contributed by atoms with Crippen LogP contribution in [-0.2, 0) is 14.4 Å². The minimum Gasteiger partial charge on any atom is -0.481 e. The van der Waals surface area contributed by atoms with Gasteiger partial charge in [-0.05, 0) is 56.3 Å². The molecule has 0 radical (unpaired) electrons. The largest absolute Gasteiger partial charge is 0.481 e. The van der Waals surface area contributed by atoms with Crippen LogP contribution in [0.3, 0.4) is 0 Å². The smallest absolute Gasteiger partial charge is 0.303 e. The average Bonchev–Trinajstić information content (AvgIpc) is 2.51. The van der Waals surface area contributed by atoms with Crippen molar-refractivity contribution in [2.45, 2.75) is 66.2 Å². The van der Waals surface area contributed by atoms with E-state index in [-0.39, 0.29) is 35.2 Å². The van der Waals surface area contributed by atoms with Crippen molar-refractivity contribution in [1.29, 1.82) is 0 Å². The molecule has 0 spiro atoms. The second-order valence-electron chi connectivity index (χ2n) is 8.71. The summed E-state index contributed by atoms with van der Waals surface area (Å²) in [6.45, 7) is 7.06. The number of fused-ring (bicyclic) bond motifs is 1. The van der Waals surface area contributed by atoms with Crippen molar-refractivity contribution >= 4 is 17.5 Å². The zero-order valence-corrected chi connectivity index (χ0v) is 15.2. The van der Waals surface area contributed by atoms with E-state index >= 15 is 0 Å². The number of carboxylic acid groups (broad SMARTS) is 1. The Kier molecular flexibility index (Phi) is 4.97. The minimum atomic E-state index is -0.867. The second kappa shape index (κ2) is 6.25. The van der Waals surface area contributed by atoms with E-state index in [2.05, 4.69) is 6.92 Å². The molecule has 2 saturated carbocycles. The van der Waals surface area contributed by atoms with Crippen molar-refractivity contribution in [3.63, 3.8) is 0 Å². The predicted octanol–water partition coefficient (Wildman–Crippen LogP) is 2.84. The van der Waals surface area contributed by atoms with Gasteiger partial charge in [0.15, 0.2) is 5.78 Å². The van der Waals surface area contributed by atoms with Crippen molar-refractivity contribution in [3.05, 3.63) is 0 Å². The van der Waals surface area contributed by atoms with Crippen LogP contribution in [0.1, 0.15) is 66.2 Å². The lowest BCUT2D eigenvalue weighted by Crippen LogP contribution is -2.56. The van der Waals surface area contributed by atoms with Crippen molar-refractivity contribution < 1.29 is 24.6 Å². The summed E-state index contributed by atoms with van der Waals surface area (Å²) in [7, 11) is 0. The maximum Gasteiger partial charge on any atom is 0.303 e.